The summed E-state index contributed by atoms with van der Waals surface area (Å²) in [6, 6.07) is 6.03. The number of carbonyl (C=O) groups excluding carboxylic acids is 1. The molecule has 1 aromatic rings. The summed E-state index contributed by atoms with van der Waals surface area (Å²) in [4.78, 5) is 12.9. The lowest BCUT2D eigenvalue weighted by Gasteiger charge is -2.08. The molecule has 0 N–H and O–H groups in total. The molecule has 18 heavy (non-hydrogen) atoms. The number of benzene rings is 1. The summed E-state index contributed by atoms with van der Waals surface area (Å²) in [5.74, 6) is -0.0486. The molecule has 0 bridgehead atoms. The molecule has 1 aromatic carbocycles. The third-order valence-electron chi connectivity index (χ3n) is 2.65. The van der Waals surface area contributed by atoms with Crippen LogP contribution in [0.1, 0.15) is 12.8 Å². The Bertz CT molecular complexity index is 595. The largest absolute Gasteiger partial charge is 0.318 e. The van der Waals surface area contributed by atoms with Gasteiger partial charge < -0.3 is 4.90 Å². The lowest BCUT2D eigenvalue weighted by atomic mass is 10.4. The Morgan fingerprint density at radius 1 is 1.33 bits per heavy atom. The molecule has 0 saturated carbocycles. The summed E-state index contributed by atoms with van der Waals surface area (Å²) < 4.78 is 23.9. The van der Waals surface area contributed by atoms with Crippen LogP contribution in [0.4, 0.5) is 0 Å². The van der Waals surface area contributed by atoms with Gasteiger partial charge in [0.05, 0.1) is 10.3 Å². The molecule has 1 aliphatic heterocycles. The Kier molecular flexibility index (Phi) is 3.73. The van der Waals surface area contributed by atoms with Crippen molar-refractivity contribution in [3.63, 3.8) is 0 Å². The highest BCUT2D eigenvalue weighted by Gasteiger charge is 2.19. The van der Waals surface area contributed by atoms with Gasteiger partial charge in [-0.3, -0.25) is 4.79 Å². The number of carbonyl (C=O) groups is 1. The molecule has 6 heteroatoms. The topological polar surface area (TPSA) is 54.5 Å². The summed E-state index contributed by atoms with van der Waals surface area (Å²) in [5, 5.41) is 1.41. The molecule has 0 aliphatic carbocycles. The molecule has 0 aromatic heterocycles. The predicted octanol–water partition coefficient (Wildman–Crippen LogP) is 2.21. The molecule has 1 amide bonds. The van der Waals surface area contributed by atoms with E-state index in [2.05, 4.69) is 0 Å². The molecular weight excluding hydrogens is 274 g/mol. The first-order valence-electron chi connectivity index (χ1n) is 5.47. The van der Waals surface area contributed by atoms with Crippen LogP contribution in [0.2, 0.25) is 5.02 Å². The average Bonchev–Trinajstić information content (AvgIpc) is 2.72. The van der Waals surface area contributed by atoms with Crippen molar-refractivity contribution in [3.8, 4) is 0 Å². The molecule has 1 aliphatic rings. The minimum Gasteiger partial charge on any atom is -0.318 e. The van der Waals surface area contributed by atoms with Crippen LogP contribution < -0.4 is 0 Å². The van der Waals surface area contributed by atoms with Gasteiger partial charge in [0.25, 0.3) is 0 Å². The molecule has 2 rings (SSSR count). The monoisotopic (exact) mass is 285 g/mol. The molecule has 0 unspecified atom stereocenters. The van der Waals surface area contributed by atoms with Crippen LogP contribution in [0, 0.1) is 0 Å². The third kappa shape index (κ3) is 2.91. The van der Waals surface area contributed by atoms with E-state index in [0.717, 1.165) is 11.8 Å². The minimum absolute atomic E-state index is 0.0486. The summed E-state index contributed by atoms with van der Waals surface area (Å²) in [7, 11) is -3.55. The van der Waals surface area contributed by atoms with Gasteiger partial charge in [-0.2, -0.15) is 0 Å². The van der Waals surface area contributed by atoms with Gasteiger partial charge in [0.2, 0.25) is 15.7 Å². The zero-order valence-corrected chi connectivity index (χ0v) is 11.1. The highest BCUT2D eigenvalue weighted by atomic mass is 35.5. The Labute approximate surface area is 111 Å². The molecule has 4 nitrogen and oxygen atoms in total. The normalized spacial score (nSPS) is 16.7. The second kappa shape index (κ2) is 5.12. The second-order valence-corrected chi connectivity index (χ2v) is 6.25. The Morgan fingerprint density at radius 3 is 2.72 bits per heavy atom. The predicted molar refractivity (Wildman–Crippen MR) is 68.7 cm³/mol. The quantitative estimate of drug-likeness (QED) is 0.855. The average molecular weight is 286 g/mol. The van der Waals surface area contributed by atoms with E-state index in [4.69, 9.17) is 11.6 Å². The van der Waals surface area contributed by atoms with Crippen molar-refractivity contribution in [1.82, 2.24) is 4.90 Å². The zero-order valence-electron chi connectivity index (χ0n) is 9.54. The minimum atomic E-state index is -3.55. The lowest BCUT2D eigenvalue weighted by Crippen LogP contribution is -2.17. The van der Waals surface area contributed by atoms with E-state index in [1.165, 1.54) is 23.2 Å². The van der Waals surface area contributed by atoms with E-state index in [1.807, 2.05) is 0 Å². The van der Waals surface area contributed by atoms with Crippen molar-refractivity contribution in [1.29, 1.82) is 0 Å². The SMILES string of the molecule is O=C1CCCN1/C=C/S(=O)(=O)c1cccc(Cl)c1. The molecule has 0 spiro atoms. The summed E-state index contributed by atoms with van der Waals surface area (Å²) in [6.07, 6.45) is 2.56. The molecule has 1 saturated heterocycles. The van der Waals surface area contributed by atoms with Crippen molar-refractivity contribution >= 4 is 27.3 Å². The number of halogens is 1. The maximum atomic E-state index is 12.0. The molecule has 96 valence electrons. The van der Waals surface area contributed by atoms with Crippen molar-refractivity contribution in [2.24, 2.45) is 0 Å². The Balaban J connectivity index is 2.22. The van der Waals surface area contributed by atoms with Crippen LogP contribution in [0.25, 0.3) is 0 Å². The van der Waals surface area contributed by atoms with E-state index in [-0.39, 0.29) is 10.8 Å². The molecule has 0 atom stereocenters. The fraction of sp³-hybridized carbons (Fsp3) is 0.250. The fourth-order valence-corrected chi connectivity index (χ4v) is 2.98. The van der Waals surface area contributed by atoms with Gasteiger partial charge in [0.1, 0.15) is 0 Å². The summed E-state index contributed by atoms with van der Waals surface area (Å²) in [6.45, 7) is 0.570. The lowest BCUT2D eigenvalue weighted by molar-refractivity contribution is -0.125. The number of sulfone groups is 1. The van der Waals surface area contributed by atoms with Crippen LogP contribution in [0.3, 0.4) is 0 Å². The first-order chi connectivity index (χ1) is 8.49. The van der Waals surface area contributed by atoms with E-state index < -0.39 is 9.84 Å². The van der Waals surface area contributed by atoms with Gasteiger partial charge in [0, 0.05) is 24.2 Å². The van der Waals surface area contributed by atoms with Crippen LogP contribution >= 0.6 is 11.6 Å². The first-order valence-corrected chi connectivity index (χ1v) is 7.40. The van der Waals surface area contributed by atoms with E-state index in [9.17, 15) is 13.2 Å². The van der Waals surface area contributed by atoms with E-state index in [0.29, 0.717) is 18.0 Å². The van der Waals surface area contributed by atoms with Crippen molar-refractivity contribution in [2.45, 2.75) is 17.7 Å². The highest BCUT2D eigenvalue weighted by molar-refractivity contribution is 7.94. The summed E-state index contributed by atoms with van der Waals surface area (Å²) in [5.41, 5.74) is 0. The maximum absolute atomic E-state index is 12.0. The standard InChI is InChI=1S/C12H12ClNO3S/c13-10-3-1-4-11(9-10)18(16,17)8-7-14-6-2-5-12(14)15/h1,3-4,7-9H,2,5-6H2/b8-7+. The maximum Gasteiger partial charge on any atom is 0.226 e. The molecule has 0 radical (unpaired) electrons. The van der Waals surface area contributed by atoms with Gasteiger partial charge >= 0.3 is 0 Å². The zero-order chi connectivity index (χ0) is 13.2. The van der Waals surface area contributed by atoms with Crippen molar-refractivity contribution in [3.05, 3.63) is 40.9 Å². The van der Waals surface area contributed by atoms with Gasteiger partial charge in [-0.15, -0.1) is 0 Å². The third-order valence-corrected chi connectivity index (χ3v) is 4.28. The first kappa shape index (κ1) is 13.1. The molecule has 1 heterocycles. The Hall–Kier alpha value is -1.33. The van der Waals surface area contributed by atoms with Crippen LogP contribution in [0.15, 0.2) is 40.8 Å². The van der Waals surface area contributed by atoms with Gasteiger partial charge in [-0.1, -0.05) is 17.7 Å². The summed E-state index contributed by atoms with van der Waals surface area (Å²) >= 11 is 5.75. The van der Waals surface area contributed by atoms with Gasteiger partial charge in [-0.05, 0) is 24.6 Å². The Morgan fingerprint density at radius 2 is 2.11 bits per heavy atom. The van der Waals surface area contributed by atoms with Crippen LogP contribution in [-0.4, -0.2) is 25.8 Å². The number of hydrogen-bond donors (Lipinski definition) is 0. The number of nitrogens with zero attached hydrogens (tertiary/aromatic N) is 1. The number of rotatable bonds is 3. The smallest absolute Gasteiger partial charge is 0.226 e. The number of amides is 1. The van der Waals surface area contributed by atoms with Gasteiger partial charge in [0.15, 0.2) is 0 Å². The van der Waals surface area contributed by atoms with Crippen molar-refractivity contribution in [2.75, 3.05) is 6.54 Å². The molecular formula is C12H12ClNO3S. The number of hydrogen-bond acceptors (Lipinski definition) is 3. The van der Waals surface area contributed by atoms with Gasteiger partial charge in [-0.25, -0.2) is 8.42 Å². The number of likely N-dealkylation sites (tertiary alicyclic amines) is 1. The van der Waals surface area contributed by atoms with E-state index >= 15 is 0 Å². The highest BCUT2D eigenvalue weighted by Crippen LogP contribution is 2.18. The fourth-order valence-electron chi connectivity index (χ4n) is 1.70. The molecule has 1 fully saturated rings. The second-order valence-electron chi connectivity index (χ2n) is 3.98. The van der Waals surface area contributed by atoms with E-state index in [1.54, 1.807) is 12.1 Å². The van der Waals surface area contributed by atoms with Crippen molar-refractivity contribution < 1.29 is 13.2 Å². The van der Waals surface area contributed by atoms with Crippen LogP contribution in [0.5, 0.6) is 0 Å². The van der Waals surface area contributed by atoms with Crippen LogP contribution in [-0.2, 0) is 14.6 Å².